The third kappa shape index (κ3) is 2.62. The number of hydrogen-bond donors (Lipinski definition) is 1. The van der Waals surface area contributed by atoms with Crippen LogP contribution >= 0.6 is 15.9 Å². The van der Waals surface area contributed by atoms with Crippen LogP contribution in [0.15, 0.2) is 34.8 Å². The molecule has 5 heteroatoms. The highest BCUT2D eigenvalue weighted by Gasteiger charge is 2.11. The summed E-state index contributed by atoms with van der Waals surface area (Å²) >= 11 is 3.41. The van der Waals surface area contributed by atoms with Gasteiger partial charge in [-0.05, 0) is 15.9 Å². The van der Waals surface area contributed by atoms with Gasteiger partial charge in [0.2, 0.25) is 0 Å². The lowest BCUT2D eigenvalue weighted by molar-refractivity contribution is 0.178. The molecule has 1 aromatic carbocycles. The lowest BCUT2D eigenvalue weighted by Gasteiger charge is -2.08. The molecule has 0 radical (unpaired) electrons. The van der Waals surface area contributed by atoms with Crippen molar-refractivity contribution in [2.45, 2.75) is 6.61 Å². The van der Waals surface area contributed by atoms with E-state index in [1.54, 1.807) is 7.11 Å². The molecule has 0 fully saturated rings. The van der Waals surface area contributed by atoms with Gasteiger partial charge in [0.05, 0.1) is 10.2 Å². The quantitative estimate of drug-likeness (QED) is 0.945. The van der Waals surface area contributed by atoms with Crippen LogP contribution < -0.4 is 5.73 Å². The van der Waals surface area contributed by atoms with E-state index < -0.39 is 0 Å². The van der Waals surface area contributed by atoms with Gasteiger partial charge in [-0.15, -0.1) is 0 Å². The average Bonchev–Trinajstić information content (AvgIpc) is 2.35. The van der Waals surface area contributed by atoms with E-state index in [-0.39, 0.29) is 0 Å². The average molecular weight is 294 g/mol. The van der Waals surface area contributed by atoms with E-state index in [2.05, 4.69) is 25.9 Å². The largest absolute Gasteiger partial charge is 0.383 e. The maximum atomic E-state index is 5.84. The summed E-state index contributed by atoms with van der Waals surface area (Å²) in [6, 6.07) is 9.82. The molecule has 0 bridgehead atoms. The van der Waals surface area contributed by atoms with Crippen molar-refractivity contribution in [2.24, 2.45) is 0 Å². The fourth-order valence-corrected chi connectivity index (χ4v) is 1.90. The second-order valence-corrected chi connectivity index (χ2v) is 4.28. The smallest absolute Gasteiger partial charge is 0.157 e. The third-order valence-corrected chi connectivity index (χ3v) is 3.03. The maximum Gasteiger partial charge on any atom is 0.157 e. The molecule has 0 aliphatic rings. The van der Waals surface area contributed by atoms with E-state index in [1.165, 1.54) is 0 Å². The Morgan fingerprint density at radius 3 is 2.59 bits per heavy atom. The van der Waals surface area contributed by atoms with Crippen molar-refractivity contribution in [3.63, 3.8) is 0 Å². The summed E-state index contributed by atoms with van der Waals surface area (Å²) in [6.45, 7) is 0.345. The van der Waals surface area contributed by atoms with Crippen LogP contribution in [0.3, 0.4) is 0 Å². The second kappa shape index (κ2) is 5.25. The van der Waals surface area contributed by atoms with E-state index >= 15 is 0 Å². The van der Waals surface area contributed by atoms with Crippen LogP contribution in [-0.4, -0.2) is 17.1 Å². The van der Waals surface area contributed by atoms with Gasteiger partial charge in [0.1, 0.15) is 12.4 Å². The van der Waals surface area contributed by atoms with Gasteiger partial charge >= 0.3 is 0 Å². The molecule has 0 aliphatic heterocycles. The van der Waals surface area contributed by atoms with Gasteiger partial charge < -0.3 is 10.5 Å². The topological polar surface area (TPSA) is 61.0 Å². The summed E-state index contributed by atoms with van der Waals surface area (Å²) < 4.78 is 5.73. The number of rotatable bonds is 3. The summed E-state index contributed by atoms with van der Waals surface area (Å²) in [5.74, 6) is 0.998. The van der Waals surface area contributed by atoms with Crippen molar-refractivity contribution in [2.75, 3.05) is 12.8 Å². The SMILES string of the molecule is COCc1nc(N)c(Br)c(-c2ccccc2)n1. The van der Waals surface area contributed by atoms with Crippen LogP contribution in [0, 0.1) is 0 Å². The Morgan fingerprint density at radius 1 is 1.24 bits per heavy atom. The third-order valence-electron chi connectivity index (χ3n) is 2.24. The minimum atomic E-state index is 0.345. The Balaban J connectivity index is 2.53. The van der Waals surface area contributed by atoms with Crippen molar-refractivity contribution < 1.29 is 4.74 Å². The number of aromatic nitrogens is 2. The van der Waals surface area contributed by atoms with Crippen molar-refractivity contribution in [1.82, 2.24) is 9.97 Å². The van der Waals surface area contributed by atoms with Crippen molar-refractivity contribution in [3.05, 3.63) is 40.6 Å². The standard InChI is InChI=1S/C12H12BrN3O/c1-17-7-9-15-11(10(13)12(14)16-9)8-5-3-2-4-6-8/h2-6H,7H2,1H3,(H2,14,15,16). The monoisotopic (exact) mass is 293 g/mol. The lowest BCUT2D eigenvalue weighted by atomic mass is 10.1. The number of anilines is 1. The molecule has 0 aliphatic carbocycles. The van der Waals surface area contributed by atoms with Crippen molar-refractivity contribution in [3.8, 4) is 11.3 Å². The highest BCUT2D eigenvalue weighted by Crippen LogP contribution is 2.29. The maximum absolute atomic E-state index is 5.84. The number of methoxy groups -OCH3 is 1. The zero-order chi connectivity index (χ0) is 12.3. The summed E-state index contributed by atoms with van der Waals surface area (Å²) in [5, 5.41) is 0. The molecule has 0 unspecified atom stereocenters. The Hall–Kier alpha value is -1.46. The second-order valence-electron chi connectivity index (χ2n) is 3.49. The molecule has 1 aromatic heterocycles. The molecule has 4 nitrogen and oxygen atoms in total. The molecule has 88 valence electrons. The Morgan fingerprint density at radius 2 is 1.94 bits per heavy atom. The van der Waals surface area contributed by atoms with Gasteiger partial charge in [-0.3, -0.25) is 0 Å². The van der Waals surface area contributed by atoms with Crippen LogP contribution in [0.25, 0.3) is 11.3 Å². The van der Waals surface area contributed by atoms with Crippen LogP contribution in [0.1, 0.15) is 5.82 Å². The number of hydrogen-bond acceptors (Lipinski definition) is 4. The molecule has 0 atom stereocenters. The molecular formula is C12H12BrN3O. The normalized spacial score (nSPS) is 10.5. The van der Waals surface area contributed by atoms with Gasteiger partial charge in [-0.1, -0.05) is 30.3 Å². The Kier molecular flexibility index (Phi) is 3.71. The predicted octanol–water partition coefficient (Wildman–Crippen LogP) is 2.63. The minimum absolute atomic E-state index is 0.345. The van der Waals surface area contributed by atoms with Crippen LogP contribution in [0.5, 0.6) is 0 Å². The van der Waals surface area contributed by atoms with E-state index in [4.69, 9.17) is 10.5 Å². The zero-order valence-corrected chi connectivity index (χ0v) is 10.9. The molecule has 2 rings (SSSR count). The highest BCUT2D eigenvalue weighted by atomic mass is 79.9. The minimum Gasteiger partial charge on any atom is -0.383 e. The molecular weight excluding hydrogens is 282 g/mol. The zero-order valence-electron chi connectivity index (χ0n) is 9.35. The predicted molar refractivity (Wildman–Crippen MR) is 70.3 cm³/mol. The first kappa shape index (κ1) is 12.0. The molecule has 1 heterocycles. The van der Waals surface area contributed by atoms with Crippen LogP contribution in [0.4, 0.5) is 5.82 Å². The number of nitrogens with zero attached hydrogens (tertiary/aromatic N) is 2. The molecule has 17 heavy (non-hydrogen) atoms. The number of benzene rings is 1. The fraction of sp³-hybridized carbons (Fsp3) is 0.167. The summed E-state index contributed by atoms with van der Waals surface area (Å²) in [6.07, 6.45) is 0. The van der Waals surface area contributed by atoms with Gasteiger partial charge in [0.15, 0.2) is 5.82 Å². The summed E-state index contributed by atoms with van der Waals surface area (Å²) in [5.41, 5.74) is 7.61. The summed E-state index contributed by atoms with van der Waals surface area (Å²) in [7, 11) is 1.60. The number of ether oxygens (including phenoxy) is 1. The lowest BCUT2D eigenvalue weighted by Crippen LogP contribution is -2.04. The first-order valence-electron chi connectivity index (χ1n) is 5.08. The van der Waals surface area contributed by atoms with Gasteiger partial charge in [0, 0.05) is 12.7 Å². The van der Waals surface area contributed by atoms with Crippen LogP contribution in [-0.2, 0) is 11.3 Å². The van der Waals surface area contributed by atoms with E-state index in [1.807, 2.05) is 30.3 Å². The van der Waals surface area contributed by atoms with E-state index in [0.717, 1.165) is 11.3 Å². The van der Waals surface area contributed by atoms with Crippen molar-refractivity contribution in [1.29, 1.82) is 0 Å². The van der Waals surface area contributed by atoms with Gasteiger partial charge in [-0.2, -0.15) is 0 Å². The molecule has 2 aromatic rings. The van der Waals surface area contributed by atoms with Gasteiger partial charge in [-0.25, -0.2) is 9.97 Å². The number of nitrogens with two attached hydrogens (primary N) is 1. The first-order chi connectivity index (χ1) is 8.22. The van der Waals surface area contributed by atoms with Crippen LogP contribution in [0.2, 0.25) is 0 Å². The molecule has 0 saturated heterocycles. The van der Waals surface area contributed by atoms with E-state index in [9.17, 15) is 0 Å². The van der Waals surface area contributed by atoms with Crippen molar-refractivity contribution >= 4 is 21.7 Å². The Bertz CT molecular complexity index is 517. The molecule has 0 amide bonds. The molecule has 2 N–H and O–H groups in total. The van der Waals surface area contributed by atoms with Gasteiger partial charge in [0.25, 0.3) is 0 Å². The Labute approximate surface area is 108 Å². The number of halogens is 1. The number of nitrogen functional groups attached to an aromatic ring is 1. The summed E-state index contributed by atoms with van der Waals surface area (Å²) in [4.78, 5) is 8.57. The fourth-order valence-electron chi connectivity index (χ4n) is 1.49. The molecule has 0 spiro atoms. The first-order valence-corrected chi connectivity index (χ1v) is 5.88. The molecule has 0 saturated carbocycles. The van der Waals surface area contributed by atoms with E-state index in [0.29, 0.717) is 22.7 Å². The highest BCUT2D eigenvalue weighted by molar-refractivity contribution is 9.10.